The third-order valence-electron chi connectivity index (χ3n) is 5.32. The van der Waals surface area contributed by atoms with Crippen molar-refractivity contribution in [3.63, 3.8) is 0 Å². The van der Waals surface area contributed by atoms with Crippen molar-refractivity contribution >= 4 is 0 Å². The number of nitrogens with zero attached hydrogens (tertiary/aromatic N) is 1. The molecule has 3 heteroatoms. The van der Waals surface area contributed by atoms with Crippen LogP contribution in [0.5, 0.6) is 0 Å². The number of hydrogen-bond acceptors (Lipinski definition) is 3. The summed E-state index contributed by atoms with van der Waals surface area (Å²) < 4.78 is 11.9. The van der Waals surface area contributed by atoms with Gasteiger partial charge in [-0.3, -0.25) is 4.90 Å². The van der Waals surface area contributed by atoms with Gasteiger partial charge in [0.15, 0.2) is 0 Å². The van der Waals surface area contributed by atoms with Crippen LogP contribution in [0.1, 0.15) is 51.4 Å². The first kappa shape index (κ1) is 12.9. The zero-order chi connectivity index (χ0) is 12.4. The molecule has 3 fully saturated rings. The van der Waals surface area contributed by atoms with Gasteiger partial charge in [0.2, 0.25) is 0 Å². The van der Waals surface area contributed by atoms with E-state index >= 15 is 0 Å². The minimum Gasteiger partial charge on any atom is -0.377 e. The van der Waals surface area contributed by atoms with Crippen molar-refractivity contribution in [3.8, 4) is 0 Å². The molecule has 0 radical (unpaired) electrons. The first-order valence-corrected chi connectivity index (χ1v) is 7.75. The van der Waals surface area contributed by atoms with Gasteiger partial charge in [0, 0.05) is 32.8 Å². The molecule has 104 valence electrons. The Hall–Kier alpha value is -0.120. The minimum atomic E-state index is 0.0555. The van der Waals surface area contributed by atoms with Crippen LogP contribution >= 0.6 is 0 Å². The fourth-order valence-electron chi connectivity index (χ4n) is 4.20. The highest BCUT2D eigenvalue weighted by molar-refractivity contribution is 4.99. The van der Waals surface area contributed by atoms with Crippen molar-refractivity contribution in [2.75, 3.05) is 26.8 Å². The van der Waals surface area contributed by atoms with Crippen LogP contribution < -0.4 is 0 Å². The average Bonchev–Trinajstić information content (AvgIpc) is 2.90. The molecule has 0 bridgehead atoms. The van der Waals surface area contributed by atoms with E-state index in [0.29, 0.717) is 0 Å². The molecule has 0 unspecified atom stereocenters. The average molecular weight is 253 g/mol. The molecule has 2 aliphatic heterocycles. The molecule has 0 aromatic heterocycles. The maximum atomic E-state index is 6.07. The maximum absolute atomic E-state index is 6.07. The summed E-state index contributed by atoms with van der Waals surface area (Å²) in [5.74, 6) is 0. The minimum absolute atomic E-state index is 0.0555. The van der Waals surface area contributed by atoms with Crippen LogP contribution in [-0.2, 0) is 9.47 Å². The zero-order valence-corrected chi connectivity index (χ0v) is 11.7. The fraction of sp³-hybridized carbons (Fsp3) is 1.00. The summed E-state index contributed by atoms with van der Waals surface area (Å²) in [6.07, 6.45) is 10.9. The predicted octanol–water partition coefficient (Wildman–Crippen LogP) is 2.59. The first-order chi connectivity index (χ1) is 8.84. The largest absolute Gasteiger partial charge is 0.377 e. The Kier molecular flexibility index (Phi) is 3.92. The van der Waals surface area contributed by atoms with Gasteiger partial charge in [0.25, 0.3) is 0 Å². The molecule has 0 amide bonds. The Labute approximate surface area is 111 Å². The van der Waals surface area contributed by atoms with Crippen LogP contribution in [0.25, 0.3) is 0 Å². The van der Waals surface area contributed by atoms with E-state index in [1.807, 2.05) is 7.11 Å². The molecule has 2 atom stereocenters. The summed E-state index contributed by atoms with van der Waals surface area (Å²) in [5.41, 5.74) is 0.0555. The Morgan fingerprint density at radius 3 is 2.61 bits per heavy atom. The van der Waals surface area contributed by atoms with E-state index in [4.69, 9.17) is 9.47 Å². The van der Waals surface area contributed by atoms with E-state index in [2.05, 4.69) is 4.90 Å². The van der Waals surface area contributed by atoms with Crippen molar-refractivity contribution in [3.05, 3.63) is 0 Å². The van der Waals surface area contributed by atoms with E-state index in [1.54, 1.807) is 0 Å². The molecule has 3 aliphatic rings. The van der Waals surface area contributed by atoms with Crippen LogP contribution in [0.3, 0.4) is 0 Å². The highest BCUT2D eigenvalue weighted by atomic mass is 16.5. The van der Waals surface area contributed by atoms with Crippen LogP contribution in [0.4, 0.5) is 0 Å². The van der Waals surface area contributed by atoms with E-state index in [1.165, 1.54) is 57.9 Å². The third-order valence-corrected chi connectivity index (χ3v) is 5.32. The highest BCUT2D eigenvalue weighted by Gasteiger charge is 2.47. The summed E-state index contributed by atoms with van der Waals surface area (Å²) in [4.78, 5) is 2.68. The molecule has 1 saturated carbocycles. The molecule has 0 aromatic rings. The van der Waals surface area contributed by atoms with E-state index in [-0.39, 0.29) is 11.7 Å². The second-order valence-electron chi connectivity index (χ2n) is 6.28. The monoisotopic (exact) mass is 253 g/mol. The molecule has 1 aliphatic carbocycles. The number of piperidine rings is 1. The normalized spacial score (nSPS) is 39.5. The summed E-state index contributed by atoms with van der Waals surface area (Å²) in [5, 5.41) is 0. The van der Waals surface area contributed by atoms with Gasteiger partial charge in [-0.2, -0.15) is 0 Å². The third kappa shape index (κ3) is 2.33. The maximum Gasteiger partial charge on any atom is 0.0987 e. The van der Waals surface area contributed by atoms with E-state index < -0.39 is 0 Å². The summed E-state index contributed by atoms with van der Waals surface area (Å²) in [7, 11) is 1.86. The molecule has 2 saturated heterocycles. The number of methoxy groups -OCH3 is 1. The lowest BCUT2D eigenvalue weighted by Gasteiger charge is -2.47. The number of rotatable bonds is 2. The SMILES string of the molecule is CO[C@H]1CN(C2CCCCC2)CC[C@@]12CCCO2. The summed E-state index contributed by atoms with van der Waals surface area (Å²) in [6.45, 7) is 3.23. The molecule has 1 spiro atoms. The molecular weight excluding hydrogens is 226 g/mol. The zero-order valence-electron chi connectivity index (χ0n) is 11.7. The molecule has 3 nitrogen and oxygen atoms in total. The quantitative estimate of drug-likeness (QED) is 0.755. The second kappa shape index (κ2) is 5.48. The van der Waals surface area contributed by atoms with E-state index in [0.717, 1.165) is 19.2 Å². The van der Waals surface area contributed by atoms with Gasteiger partial charge in [0.05, 0.1) is 11.7 Å². The van der Waals surface area contributed by atoms with Gasteiger partial charge in [-0.05, 0) is 32.1 Å². The van der Waals surface area contributed by atoms with Gasteiger partial charge in [-0.25, -0.2) is 0 Å². The highest BCUT2D eigenvalue weighted by Crippen LogP contribution is 2.38. The molecule has 0 aromatic carbocycles. The number of hydrogen-bond donors (Lipinski definition) is 0. The molecule has 3 rings (SSSR count). The Bertz CT molecular complexity index is 270. The smallest absolute Gasteiger partial charge is 0.0987 e. The van der Waals surface area contributed by atoms with Crippen molar-refractivity contribution in [1.29, 1.82) is 0 Å². The van der Waals surface area contributed by atoms with Crippen LogP contribution in [0.2, 0.25) is 0 Å². The lowest BCUT2D eigenvalue weighted by Crippen LogP contribution is -2.58. The summed E-state index contributed by atoms with van der Waals surface area (Å²) >= 11 is 0. The Morgan fingerprint density at radius 1 is 1.11 bits per heavy atom. The molecular formula is C15H27NO2. The fourth-order valence-corrected chi connectivity index (χ4v) is 4.20. The van der Waals surface area contributed by atoms with Crippen LogP contribution in [-0.4, -0.2) is 49.5 Å². The van der Waals surface area contributed by atoms with Crippen molar-refractivity contribution < 1.29 is 9.47 Å². The number of likely N-dealkylation sites (tertiary alicyclic amines) is 1. The van der Waals surface area contributed by atoms with E-state index in [9.17, 15) is 0 Å². The first-order valence-electron chi connectivity index (χ1n) is 7.75. The van der Waals surface area contributed by atoms with Crippen LogP contribution in [0.15, 0.2) is 0 Å². The van der Waals surface area contributed by atoms with Crippen molar-refractivity contribution in [1.82, 2.24) is 4.90 Å². The van der Waals surface area contributed by atoms with Gasteiger partial charge in [0.1, 0.15) is 0 Å². The predicted molar refractivity (Wildman–Crippen MR) is 71.8 cm³/mol. The van der Waals surface area contributed by atoms with Gasteiger partial charge < -0.3 is 9.47 Å². The van der Waals surface area contributed by atoms with Crippen LogP contribution in [0, 0.1) is 0 Å². The molecule has 0 N–H and O–H groups in total. The Balaban J connectivity index is 1.64. The van der Waals surface area contributed by atoms with Gasteiger partial charge >= 0.3 is 0 Å². The second-order valence-corrected chi connectivity index (χ2v) is 6.28. The topological polar surface area (TPSA) is 21.7 Å². The van der Waals surface area contributed by atoms with Crippen molar-refractivity contribution in [2.24, 2.45) is 0 Å². The Morgan fingerprint density at radius 2 is 1.94 bits per heavy atom. The van der Waals surface area contributed by atoms with Crippen molar-refractivity contribution in [2.45, 2.75) is 69.1 Å². The number of ether oxygens (including phenoxy) is 2. The lowest BCUT2D eigenvalue weighted by molar-refractivity contribution is -0.148. The standard InChI is InChI=1S/C15H27NO2/c1-17-14-12-16(13-6-3-2-4-7-13)10-9-15(14)8-5-11-18-15/h13-14H,2-12H2,1H3/t14-,15-/m0/s1. The van der Waals surface area contributed by atoms with Gasteiger partial charge in [-0.1, -0.05) is 19.3 Å². The summed E-state index contributed by atoms with van der Waals surface area (Å²) in [6, 6.07) is 0.815. The molecule has 2 heterocycles. The van der Waals surface area contributed by atoms with Gasteiger partial charge in [-0.15, -0.1) is 0 Å². The lowest BCUT2D eigenvalue weighted by atomic mass is 9.83. The molecule has 18 heavy (non-hydrogen) atoms.